The van der Waals surface area contributed by atoms with Crippen LogP contribution in [0.25, 0.3) is 0 Å². The Hall–Kier alpha value is -3.36. The molecule has 0 aliphatic rings. The quantitative estimate of drug-likeness (QED) is 0.206. The second-order valence-corrected chi connectivity index (χ2v) is 10.4. The highest BCUT2D eigenvalue weighted by molar-refractivity contribution is 7.99. The molecule has 0 fully saturated rings. The van der Waals surface area contributed by atoms with Crippen LogP contribution in [-0.4, -0.2) is 39.5 Å². The third kappa shape index (κ3) is 8.60. The normalized spacial score (nSPS) is 12.4. The van der Waals surface area contributed by atoms with E-state index in [1.165, 1.54) is 23.9 Å². The summed E-state index contributed by atoms with van der Waals surface area (Å²) in [6, 6.07) is 22.5. The van der Waals surface area contributed by atoms with Crippen LogP contribution in [0.4, 0.5) is 5.69 Å². The highest BCUT2D eigenvalue weighted by Gasteiger charge is 2.31. The first-order valence-corrected chi connectivity index (χ1v) is 14.0. The first-order chi connectivity index (χ1) is 18.3. The van der Waals surface area contributed by atoms with Gasteiger partial charge in [-0.3, -0.25) is 19.7 Å². The summed E-state index contributed by atoms with van der Waals surface area (Å²) < 4.78 is 0. The van der Waals surface area contributed by atoms with Crippen LogP contribution in [0.15, 0.2) is 78.9 Å². The molecule has 200 valence electrons. The lowest BCUT2D eigenvalue weighted by atomic mass is 10.0. The van der Waals surface area contributed by atoms with Crippen molar-refractivity contribution < 1.29 is 14.5 Å². The van der Waals surface area contributed by atoms with E-state index < -0.39 is 11.0 Å². The van der Waals surface area contributed by atoms with Crippen molar-refractivity contribution in [3.05, 3.63) is 111 Å². The van der Waals surface area contributed by atoms with Gasteiger partial charge in [0.25, 0.3) is 5.69 Å². The lowest BCUT2D eigenvalue weighted by molar-refractivity contribution is -0.384. The van der Waals surface area contributed by atoms with E-state index in [4.69, 9.17) is 11.6 Å². The van der Waals surface area contributed by atoms with E-state index in [0.29, 0.717) is 17.2 Å². The molecule has 2 amide bonds. The molecule has 0 aliphatic heterocycles. The fourth-order valence-electron chi connectivity index (χ4n) is 3.86. The largest absolute Gasteiger partial charge is 0.352 e. The predicted molar refractivity (Wildman–Crippen MR) is 153 cm³/mol. The van der Waals surface area contributed by atoms with Gasteiger partial charge in [-0.1, -0.05) is 79.2 Å². The average Bonchev–Trinajstić information content (AvgIpc) is 2.92. The lowest BCUT2D eigenvalue weighted by Gasteiger charge is -2.32. The molecule has 2 atom stereocenters. The van der Waals surface area contributed by atoms with Gasteiger partial charge in [0.2, 0.25) is 11.8 Å². The molecule has 7 nitrogen and oxygen atoms in total. The van der Waals surface area contributed by atoms with Crippen LogP contribution in [0, 0.1) is 10.1 Å². The minimum atomic E-state index is -0.727. The molecule has 38 heavy (non-hydrogen) atoms. The van der Waals surface area contributed by atoms with Gasteiger partial charge in [-0.15, -0.1) is 11.8 Å². The maximum absolute atomic E-state index is 13.7. The van der Waals surface area contributed by atoms with E-state index >= 15 is 0 Å². The second-order valence-electron chi connectivity index (χ2n) is 9.05. The summed E-state index contributed by atoms with van der Waals surface area (Å²) in [5.74, 6) is 0.260. The Balaban J connectivity index is 1.84. The average molecular weight is 554 g/mol. The number of nitro benzene ring substituents is 1. The number of halogens is 1. The molecule has 3 aromatic rings. The number of nitro groups is 1. The Labute approximate surface area is 232 Å². The second kappa shape index (κ2) is 14.5. The zero-order valence-electron chi connectivity index (χ0n) is 21.5. The Bertz CT molecular complexity index is 1220. The monoisotopic (exact) mass is 553 g/mol. The van der Waals surface area contributed by atoms with Crippen molar-refractivity contribution in [3.63, 3.8) is 0 Å². The van der Waals surface area contributed by atoms with E-state index in [-0.39, 0.29) is 35.8 Å². The van der Waals surface area contributed by atoms with Gasteiger partial charge < -0.3 is 10.2 Å². The third-order valence-corrected chi connectivity index (χ3v) is 7.57. The lowest BCUT2D eigenvalue weighted by Crippen LogP contribution is -2.52. The van der Waals surface area contributed by atoms with Gasteiger partial charge in [-0.05, 0) is 36.1 Å². The van der Waals surface area contributed by atoms with E-state index in [1.807, 2.05) is 62.4 Å². The summed E-state index contributed by atoms with van der Waals surface area (Å²) in [4.78, 5) is 39.3. The van der Waals surface area contributed by atoms with Crippen LogP contribution in [0.2, 0.25) is 5.02 Å². The highest BCUT2D eigenvalue weighted by atomic mass is 35.5. The predicted octanol–water partition coefficient (Wildman–Crippen LogP) is 6.04. The topological polar surface area (TPSA) is 92.6 Å². The van der Waals surface area contributed by atoms with Crippen LogP contribution in [0.3, 0.4) is 0 Å². The van der Waals surface area contributed by atoms with Gasteiger partial charge in [0.15, 0.2) is 0 Å². The highest BCUT2D eigenvalue weighted by Crippen LogP contribution is 2.23. The SMILES string of the molecule is CC[C@@H](C)NC(=O)[C@H](Cc1ccccc1)N(Cc1ccccc1Cl)C(=O)CSCc1ccc([N+](=O)[O-])cc1. The Morgan fingerprint density at radius 2 is 1.66 bits per heavy atom. The van der Waals surface area contributed by atoms with Gasteiger partial charge in [0, 0.05) is 41.9 Å². The molecule has 0 saturated heterocycles. The Morgan fingerprint density at radius 3 is 2.29 bits per heavy atom. The van der Waals surface area contributed by atoms with Gasteiger partial charge in [-0.2, -0.15) is 0 Å². The van der Waals surface area contributed by atoms with Crippen LogP contribution >= 0.6 is 23.4 Å². The van der Waals surface area contributed by atoms with Crippen molar-refractivity contribution in [2.75, 3.05) is 5.75 Å². The summed E-state index contributed by atoms with van der Waals surface area (Å²) >= 11 is 7.85. The van der Waals surface area contributed by atoms with Gasteiger partial charge >= 0.3 is 0 Å². The maximum atomic E-state index is 13.7. The minimum Gasteiger partial charge on any atom is -0.352 e. The number of carbonyl (C=O) groups is 2. The summed E-state index contributed by atoms with van der Waals surface area (Å²) in [7, 11) is 0. The van der Waals surface area contributed by atoms with Gasteiger partial charge in [-0.25, -0.2) is 0 Å². The van der Waals surface area contributed by atoms with E-state index in [0.717, 1.165) is 23.1 Å². The molecule has 0 unspecified atom stereocenters. The zero-order valence-corrected chi connectivity index (χ0v) is 23.1. The molecule has 0 radical (unpaired) electrons. The molecule has 1 N–H and O–H groups in total. The summed E-state index contributed by atoms with van der Waals surface area (Å²) in [6.07, 6.45) is 1.14. The number of rotatable bonds is 13. The number of carbonyl (C=O) groups excluding carboxylic acids is 2. The number of benzene rings is 3. The van der Waals surface area contributed by atoms with Crippen LogP contribution in [-0.2, 0) is 28.3 Å². The number of hydrogen-bond acceptors (Lipinski definition) is 5. The number of nitrogens with one attached hydrogen (secondary N) is 1. The van der Waals surface area contributed by atoms with E-state index in [1.54, 1.807) is 23.1 Å². The molecular formula is C29H32ClN3O4S. The fraction of sp³-hybridized carbons (Fsp3) is 0.310. The van der Waals surface area contributed by atoms with Crippen molar-refractivity contribution in [2.24, 2.45) is 0 Å². The van der Waals surface area contributed by atoms with E-state index in [9.17, 15) is 19.7 Å². The first kappa shape index (κ1) is 29.2. The Morgan fingerprint density at radius 1 is 1.00 bits per heavy atom. The van der Waals surface area contributed by atoms with Gasteiger partial charge in [0.05, 0.1) is 10.7 Å². The Kier molecular flexibility index (Phi) is 11.2. The van der Waals surface area contributed by atoms with E-state index in [2.05, 4.69) is 5.32 Å². The smallest absolute Gasteiger partial charge is 0.269 e. The molecule has 0 bridgehead atoms. The van der Waals surface area contributed by atoms with Crippen LogP contribution in [0.5, 0.6) is 0 Å². The fourth-order valence-corrected chi connectivity index (χ4v) is 4.92. The molecule has 0 heterocycles. The molecule has 3 aromatic carbocycles. The number of non-ortho nitro benzene ring substituents is 1. The summed E-state index contributed by atoms with van der Waals surface area (Å²) in [5, 5.41) is 14.5. The molecular weight excluding hydrogens is 522 g/mol. The van der Waals surface area contributed by atoms with Crippen LogP contribution < -0.4 is 5.32 Å². The molecule has 3 rings (SSSR count). The number of nitrogens with zero attached hydrogens (tertiary/aromatic N) is 2. The number of hydrogen-bond donors (Lipinski definition) is 1. The molecule has 0 aromatic heterocycles. The van der Waals surface area contributed by atoms with Crippen molar-refractivity contribution in [1.82, 2.24) is 10.2 Å². The van der Waals surface area contributed by atoms with Crippen molar-refractivity contribution in [1.29, 1.82) is 0 Å². The summed E-state index contributed by atoms with van der Waals surface area (Å²) in [6.45, 7) is 4.14. The zero-order chi connectivity index (χ0) is 27.5. The summed E-state index contributed by atoms with van der Waals surface area (Å²) in [5.41, 5.74) is 2.61. The van der Waals surface area contributed by atoms with Crippen molar-refractivity contribution in [3.8, 4) is 0 Å². The molecule has 0 spiro atoms. The standard InChI is InChI=1S/C29H32ClN3O4S/c1-3-21(2)31-29(35)27(17-22-9-5-4-6-10-22)32(18-24-11-7-8-12-26(24)30)28(34)20-38-19-23-13-15-25(16-14-23)33(36)37/h4-16,21,27H,3,17-20H2,1-2H3,(H,31,35)/t21-,27+/m1/s1. The third-order valence-electron chi connectivity index (χ3n) is 6.21. The van der Waals surface area contributed by atoms with Crippen LogP contribution in [0.1, 0.15) is 37.0 Å². The molecule has 9 heteroatoms. The maximum Gasteiger partial charge on any atom is 0.269 e. The van der Waals surface area contributed by atoms with Gasteiger partial charge in [0.1, 0.15) is 6.04 Å². The molecule has 0 aliphatic carbocycles. The minimum absolute atomic E-state index is 0.0248. The molecule has 0 saturated carbocycles. The number of amides is 2. The number of thioether (sulfide) groups is 1. The van der Waals surface area contributed by atoms with Crippen molar-refractivity contribution in [2.45, 2.75) is 51.1 Å². The van der Waals surface area contributed by atoms with Crippen molar-refractivity contribution >= 4 is 40.9 Å². The first-order valence-electron chi connectivity index (χ1n) is 12.5.